The van der Waals surface area contributed by atoms with Crippen LogP contribution in [-0.4, -0.2) is 18.8 Å². The van der Waals surface area contributed by atoms with Crippen molar-refractivity contribution in [3.8, 4) is 0 Å². The highest BCUT2D eigenvalue weighted by atomic mass is 16.5. The molecular weight excluding hydrogens is 176 g/mol. The van der Waals surface area contributed by atoms with Gasteiger partial charge in [-0.25, -0.2) is 0 Å². The molecular formula is C11H22N2O. The van der Waals surface area contributed by atoms with Gasteiger partial charge in [-0.15, -0.1) is 0 Å². The molecule has 3 N–H and O–H groups in total. The van der Waals surface area contributed by atoms with E-state index in [0.717, 1.165) is 19.1 Å². The number of hydrogen-bond acceptors (Lipinski definition) is 3. The first-order valence-electron chi connectivity index (χ1n) is 5.92. The minimum Gasteiger partial charge on any atom is -0.375 e. The average molecular weight is 198 g/mol. The topological polar surface area (TPSA) is 47.3 Å². The van der Waals surface area contributed by atoms with Gasteiger partial charge in [-0.2, -0.15) is 0 Å². The van der Waals surface area contributed by atoms with Crippen molar-refractivity contribution in [1.29, 1.82) is 0 Å². The number of hydrazine groups is 1. The second-order valence-electron chi connectivity index (χ2n) is 4.86. The Morgan fingerprint density at radius 1 is 1.29 bits per heavy atom. The standard InChI is InChI=1S/C11H22N2O/c12-13-9-10-4-7-14-11(8-10)5-2-1-3-6-11/h10,13H,1-9,12H2. The molecule has 3 nitrogen and oxygen atoms in total. The van der Waals surface area contributed by atoms with E-state index in [0.29, 0.717) is 0 Å². The van der Waals surface area contributed by atoms with Crippen LogP contribution < -0.4 is 11.3 Å². The molecule has 0 bridgehead atoms. The summed E-state index contributed by atoms with van der Waals surface area (Å²) >= 11 is 0. The Morgan fingerprint density at radius 3 is 2.79 bits per heavy atom. The fourth-order valence-corrected chi connectivity index (χ4v) is 3.01. The van der Waals surface area contributed by atoms with Crippen LogP contribution in [0.5, 0.6) is 0 Å². The molecule has 0 aromatic rings. The molecule has 2 aliphatic rings. The first-order chi connectivity index (χ1) is 6.85. The third-order valence-corrected chi connectivity index (χ3v) is 3.77. The quantitative estimate of drug-likeness (QED) is 0.523. The average Bonchev–Trinajstić information content (AvgIpc) is 2.19. The fourth-order valence-electron chi connectivity index (χ4n) is 3.01. The maximum atomic E-state index is 6.01. The summed E-state index contributed by atoms with van der Waals surface area (Å²) in [6, 6.07) is 0. The maximum absolute atomic E-state index is 6.01. The smallest absolute Gasteiger partial charge is 0.0685 e. The molecule has 1 spiro atoms. The largest absolute Gasteiger partial charge is 0.375 e. The SMILES string of the molecule is NNCC1CCOC2(CCCCC2)C1. The number of nitrogens with two attached hydrogens (primary N) is 1. The Labute approximate surface area is 86.4 Å². The van der Waals surface area contributed by atoms with Gasteiger partial charge < -0.3 is 4.74 Å². The Kier molecular flexibility index (Phi) is 3.42. The van der Waals surface area contributed by atoms with Gasteiger partial charge in [0.15, 0.2) is 0 Å². The summed E-state index contributed by atoms with van der Waals surface area (Å²) in [5, 5.41) is 0. The maximum Gasteiger partial charge on any atom is 0.0685 e. The molecule has 1 saturated heterocycles. The van der Waals surface area contributed by atoms with E-state index >= 15 is 0 Å². The summed E-state index contributed by atoms with van der Waals surface area (Å²) in [5.74, 6) is 6.12. The van der Waals surface area contributed by atoms with Crippen molar-refractivity contribution in [3.05, 3.63) is 0 Å². The normalized spacial score (nSPS) is 31.9. The van der Waals surface area contributed by atoms with Crippen molar-refractivity contribution in [2.45, 2.75) is 50.5 Å². The molecule has 0 aromatic heterocycles. The molecule has 14 heavy (non-hydrogen) atoms. The van der Waals surface area contributed by atoms with Crippen LogP contribution in [-0.2, 0) is 4.74 Å². The fraction of sp³-hybridized carbons (Fsp3) is 1.00. The lowest BCUT2D eigenvalue weighted by molar-refractivity contribution is -0.116. The molecule has 3 heteroatoms. The van der Waals surface area contributed by atoms with Crippen molar-refractivity contribution in [3.63, 3.8) is 0 Å². The molecule has 1 aliphatic heterocycles. The van der Waals surface area contributed by atoms with Gasteiger partial charge in [0, 0.05) is 13.2 Å². The number of hydrogen-bond donors (Lipinski definition) is 2. The lowest BCUT2D eigenvalue weighted by atomic mass is 9.76. The van der Waals surface area contributed by atoms with Crippen LogP contribution in [0.15, 0.2) is 0 Å². The minimum absolute atomic E-state index is 0.234. The van der Waals surface area contributed by atoms with E-state index in [1.54, 1.807) is 0 Å². The van der Waals surface area contributed by atoms with E-state index in [4.69, 9.17) is 10.6 Å². The van der Waals surface area contributed by atoms with Crippen LogP contribution in [0.4, 0.5) is 0 Å². The van der Waals surface area contributed by atoms with E-state index in [9.17, 15) is 0 Å². The highest BCUT2D eigenvalue weighted by Gasteiger charge is 2.37. The number of nitrogens with one attached hydrogen (secondary N) is 1. The summed E-state index contributed by atoms with van der Waals surface area (Å²) in [7, 11) is 0. The second-order valence-corrected chi connectivity index (χ2v) is 4.86. The summed E-state index contributed by atoms with van der Waals surface area (Å²) in [6.07, 6.45) is 9.03. The summed E-state index contributed by atoms with van der Waals surface area (Å²) in [5.41, 5.74) is 3.04. The predicted molar refractivity (Wildman–Crippen MR) is 56.7 cm³/mol. The third kappa shape index (κ3) is 2.27. The highest BCUT2D eigenvalue weighted by molar-refractivity contribution is 4.89. The van der Waals surface area contributed by atoms with Crippen LogP contribution in [0.2, 0.25) is 0 Å². The molecule has 0 amide bonds. The second kappa shape index (κ2) is 4.60. The minimum atomic E-state index is 0.234. The molecule has 0 aromatic carbocycles. The highest BCUT2D eigenvalue weighted by Crippen LogP contribution is 2.40. The predicted octanol–water partition coefficient (Wildman–Crippen LogP) is 1.58. The van der Waals surface area contributed by atoms with Gasteiger partial charge in [-0.1, -0.05) is 19.3 Å². The molecule has 2 fully saturated rings. The Bertz CT molecular complexity index is 171. The van der Waals surface area contributed by atoms with E-state index in [-0.39, 0.29) is 5.60 Å². The Hall–Kier alpha value is -0.120. The molecule has 1 atom stereocenters. The van der Waals surface area contributed by atoms with Crippen LogP contribution >= 0.6 is 0 Å². The van der Waals surface area contributed by atoms with Gasteiger partial charge in [0.1, 0.15) is 0 Å². The molecule has 2 rings (SSSR count). The molecule has 82 valence electrons. The van der Waals surface area contributed by atoms with Crippen molar-refractivity contribution >= 4 is 0 Å². The van der Waals surface area contributed by atoms with E-state index in [1.165, 1.54) is 44.9 Å². The Balaban J connectivity index is 1.91. The molecule has 1 heterocycles. The van der Waals surface area contributed by atoms with E-state index < -0.39 is 0 Å². The van der Waals surface area contributed by atoms with Crippen LogP contribution in [0.3, 0.4) is 0 Å². The van der Waals surface area contributed by atoms with Gasteiger partial charge in [-0.3, -0.25) is 11.3 Å². The van der Waals surface area contributed by atoms with Crippen LogP contribution in [0.25, 0.3) is 0 Å². The number of rotatable bonds is 2. The van der Waals surface area contributed by atoms with Gasteiger partial charge >= 0.3 is 0 Å². The molecule has 0 radical (unpaired) electrons. The molecule has 1 saturated carbocycles. The van der Waals surface area contributed by atoms with Crippen molar-refractivity contribution in [2.75, 3.05) is 13.2 Å². The monoisotopic (exact) mass is 198 g/mol. The van der Waals surface area contributed by atoms with Gasteiger partial charge in [-0.05, 0) is 31.6 Å². The molecule has 1 unspecified atom stereocenters. The van der Waals surface area contributed by atoms with Crippen LogP contribution in [0.1, 0.15) is 44.9 Å². The van der Waals surface area contributed by atoms with E-state index in [2.05, 4.69) is 5.43 Å². The van der Waals surface area contributed by atoms with Gasteiger partial charge in [0.05, 0.1) is 5.60 Å². The van der Waals surface area contributed by atoms with Gasteiger partial charge in [0.25, 0.3) is 0 Å². The zero-order valence-electron chi connectivity index (χ0n) is 8.93. The third-order valence-electron chi connectivity index (χ3n) is 3.77. The lowest BCUT2D eigenvalue weighted by Crippen LogP contribution is -2.44. The van der Waals surface area contributed by atoms with Gasteiger partial charge in [0.2, 0.25) is 0 Å². The summed E-state index contributed by atoms with van der Waals surface area (Å²) in [6.45, 7) is 1.89. The molecule has 1 aliphatic carbocycles. The van der Waals surface area contributed by atoms with Crippen LogP contribution in [0, 0.1) is 5.92 Å². The first kappa shape index (κ1) is 10.4. The first-order valence-corrected chi connectivity index (χ1v) is 5.92. The van der Waals surface area contributed by atoms with Crippen molar-refractivity contribution in [2.24, 2.45) is 11.8 Å². The number of ether oxygens (including phenoxy) is 1. The Morgan fingerprint density at radius 2 is 2.07 bits per heavy atom. The van der Waals surface area contributed by atoms with Crippen molar-refractivity contribution < 1.29 is 4.74 Å². The zero-order valence-corrected chi connectivity index (χ0v) is 8.93. The van der Waals surface area contributed by atoms with Crippen molar-refractivity contribution in [1.82, 2.24) is 5.43 Å². The summed E-state index contributed by atoms with van der Waals surface area (Å²) < 4.78 is 6.01. The van der Waals surface area contributed by atoms with E-state index in [1.807, 2.05) is 0 Å². The lowest BCUT2D eigenvalue weighted by Gasteiger charge is -2.43. The summed E-state index contributed by atoms with van der Waals surface area (Å²) in [4.78, 5) is 0. The zero-order chi connectivity index (χ0) is 9.86.